The van der Waals surface area contributed by atoms with Crippen molar-refractivity contribution in [2.24, 2.45) is 11.7 Å². The van der Waals surface area contributed by atoms with E-state index in [1.165, 1.54) is 18.6 Å². The molecule has 2 unspecified atom stereocenters. The first-order chi connectivity index (χ1) is 10.5. The van der Waals surface area contributed by atoms with E-state index in [0.29, 0.717) is 13.1 Å². The molecular formula is C15H23N5O2. The van der Waals surface area contributed by atoms with Gasteiger partial charge in [0.1, 0.15) is 5.69 Å². The van der Waals surface area contributed by atoms with Crippen molar-refractivity contribution in [1.82, 2.24) is 20.6 Å². The Labute approximate surface area is 130 Å². The van der Waals surface area contributed by atoms with Crippen LogP contribution < -0.4 is 16.4 Å². The molecule has 0 aromatic carbocycles. The maximum absolute atomic E-state index is 12.2. The lowest BCUT2D eigenvalue weighted by molar-refractivity contribution is -0.128. The van der Waals surface area contributed by atoms with Gasteiger partial charge in [-0.15, -0.1) is 0 Å². The van der Waals surface area contributed by atoms with Gasteiger partial charge in [-0.3, -0.25) is 14.6 Å². The van der Waals surface area contributed by atoms with E-state index in [-0.39, 0.29) is 23.4 Å². The summed E-state index contributed by atoms with van der Waals surface area (Å²) in [5.41, 5.74) is 6.03. The fourth-order valence-electron chi connectivity index (χ4n) is 2.78. The van der Waals surface area contributed by atoms with Crippen molar-refractivity contribution in [3.8, 4) is 0 Å². The molecule has 1 fully saturated rings. The summed E-state index contributed by atoms with van der Waals surface area (Å²) in [5, 5.41) is 5.54. The highest BCUT2D eigenvalue weighted by molar-refractivity contribution is 5.91. The van der Waals surface area contributed by atoms with E-state index in [0.717, 1.165) is 25.7 Å². The largest absolute Gasteiger partial charge is 0.354 e. The molecule has 1 aromatic heterocycles. The molecule has 2 rings (SSSR count). The molecule has 7 heteroatoms. The van der Waals surface area contributed by atoms with Crippen molar-refractivity contribution in [1.29, 1.82) is 0 Å². The Morgan fingerprint density at radius 3 is 2.77 bits per heavy atom. The summed E-state index contributed by atoms with van der Waals surface area (Å²) in [5.74, 6) is -0.487. The Hall–Kier alpha value is -2.02. The minimum absolute atomic E-state index is 0.0292. The summed E-state index contributed by atoms with van der Waals surface area (Å²) in [7, 11) is 0. The van der Waals surface area contributed by atoms with Crippen LogP contribution >= 0.6 is 0 Å². The number of amides is 2. The summed E-state index contributed by atoms with van der Waals surface area (Å²) < 4.78 is 0. The molecule has 0 bridgehead atoms. The second-order valence-corrected chi connectivity index (χ2v) is 5.94. The minimum Gasteiger partial charge on any atom is -0.354 e. The lowest BCUT2D eigenvalue weighted by Crippen LogP contribution is -2.53. The molecule has 1 aliphatic rings. The molecule has 4 N–H and O–H groups in total. The first-order valence-electron chi connectivity index (χ1n) is 7.61. The van der Waals surface area contributed by atoms with Crippen molar-refractivity contribution in [3.05, 3.63) is 24.3 Å². The maximum Gasteiger partial charge on any atom is 0.271 e. The van der Waals surface area contributed by atoms with E-state index in [2.05, 4.69) is 20.6 Å². The first kappa shape index (κ1) is 16.4. The molecule has 120 valence electrons. The van der Waals surface area contributed by atoms with Crippen LogP contribution in [0.4, 0.5) is 0 Å². The molecule has 2 atom stereocenters. The van der Waals surface area contributed by atoms with Gasteiger partial charge in [-0.2, -0.15) is 0 Å². The fraction of sp³-hybridized carbons (Fsp3) is 0.600. The monoisotopic (exact) mass is 305 g/mol. The highest BCUT2D eigenvalue weighted by Crippen LogP contribution is 2.31. The van der Waals surface area contributed by atoms with E-state index in [1.807, 2.05) is 6.92 Å². The van der Waals surface area contributed by atoms with Gasteiger partial charge in [0.05, 0.1) is 12.1 Å². The molecule has 1 aliphatic carbocycles. The summed E-state index contributed by atoms with van der Waals surface area (Å²) in [6.07, 6.45) is 8.17. The number of carbonyl (C=O) groups is 2. The van der Waals surface area contributed by atoms with Gasteiger partial charge >= 0.3 is 0 Å². The number of hydrogen-bond donors (Lipinski definition) is 3. The minimum atomic E-state index is -0.439. The predicted octanol–water partition coefficient (Wildman–Crippen LogP) is 0.230. The molecule has 1 aromatic rings. The van der Waals surface area contributed by atoms with E-state index < -0.39 is 5.54 Å². The van der Waals surface area contributed by atoms with Crippen LogP contribution in [0.2, 0.25) is 0 Å². The third-order valence-electron chi connectivity index (χ3n) is 4.08. The second kappa shape index (κ2) is 7.31. The smallest absolute Gasteiger partial charge is 0.271 e. The quantitative estimate of drug-likeness (QED) is 0.675. The SMILES string of the molecule is CC1(N)CCCCC1C(=O)NCCNC(=O)c1cnccn1. The number of nitrogens with two attached hydrogens (primary N) is 1. The molecule has 0 radical (unpaired) electrons. The average molecular weight is 305 g/mol. The molecule has 0 aliphatic heterocycles. The Balaban J connectivity index is 1.72. The Morgan fingerprint density at radius 2 is 2.09 bits per heavy atom. The number of aromatic nitrogens is 2. The van der Waals surface area contributed by atoms with Crippen LogP contribution in [0.5, 0.6) is 0 Å². The first-order valence-corrected chi connectivity index (χ1v) is 7.61. The van der Waals surface area contributed by atoms with E-state index >= 15 is 0 Å². The zero-order chi connectivity index (χ0) is 16.0. The van der Waals surface area contributed by atoms with Gasteiger partial charge < -0.3 is 16.4 Å². The topological polar surface area (TPSA) is 110 Å². The van der Waals surface area contributed by atoms with Gasteiger partial charge in [-0.1, -0.05) is 12.8 Å². The molecule has 2 amide bonds. The van der Waals surface area contributed by atoms with Crippen LogP contribution in [0, 0.1) is 5.92 Å². The summed E-state index contributed by atoms with van der Waals surface area (Å²) in [6, 6.07) is 0. The fourth-order valence-corrected chi connectivity index (χ4v) is 2.78. The standard InChI is InChI=1S/C15H23N5O2/c1-15(16)5-3-2-4-11(15)13(21)19-8-9-20-14(22)12-10-17-6-7-18-12/h6-7,10-11H,2-5,8-9,16H2,1H3,(H,19,21)(H,20,22). The van der Waals surface area contributed by atoms with Crippen molar-refractivity contribution in [3.63, 3.8) is 0 Å². The normalized spacial score (nSPS) is 24.5. The third-order valence-corrected chi connectivity index (χ3v) is 4.08. The van der Waals surface area contributed by atoms with Gasteiger partial charge in [-0.25, -0.2) is 4.98 Å². The predicted molar refractivity (Wildman–Crippen MR) is 81.9 cm³/mol. The molecule has 0 spiro atoms. The van der Waals surface area contributed by atoms with Crippen LogP contribution in [-0.4, -0.2) is 40.4 Å². The van der Waals surface area contributed by atoms with E-state index in [4.69, 9.17) is 5.73 Å². The summed E-state index contributed by atoms with van der Waals surface area (Å²) in [6.45, 7) is 2.65. The van der Waals surface area contributed by atoms with Crippen molar-refractivity contribution in [2.45, 2.75) is 38.1 Å². The lowest BCUT2D eigenvalue weighted by atomic mass is 9.74. The Kier molecular flexibility index (Phi) is 5.43. The molecule has 1 heterocycles. The maximum atomic E-state index is 12.2. The number of hydrogen-bond acceptors (Lipinski definition) is 5. The van der Waals surface area contributed by atoms with Crippen LogP contribution in [0.3, 0.4) is 0 Å². The highest BCUT2D eigenvalue weighted by atomic mass is 16.2. The lowest BCUT2D eigenvalue weighted by Gasteiger charge is -2.37. The average Bonchev–Trinajstić information content (AvgIpc) is 2.51. The Morgan fingerprint density at radius 1 is 1.32 bits per heavy atom. The molecule has 7 nitrogen and oxygen atoms in total. The van der Waals surface area contributed by atoms with Crippen LogP contribution in [0.25, 0.3) is 0 Å². The van der Waals surface area contributed by atoms with E-state index in [9.17, 15) is 9.59 Å². The zero-order valence-corrected chi connectivity index (χ0v) is 12.8. The Bertz CT molecular complexity index is 518. The number of nitrogens with zero attached hydrogens (tertiary/aromatic N) is 2. The molecule has 1 saturated carbocycles. The third kappa shape index (κ3) is 4.24. The number of rotatable bonds is 5. The summed E-state index contributed by atoms with van der Waals surface area (Å²) >= 11 is 0. The van der Waals surface area contributed by atoms with E-state index in [1.54, 1.807) is 0 Å². The highest BCUT2D eigenvalue weighted by Gasteiger charge is 2.37. The number of nitrogens with one attached hydrogen (secondary N) is 2. The van der Waals surface area contributed by atoms with Crippen molar-refractivity contribution >= 4 is 11.8 Å². The summed E-state index contributed by atoms with van der Waals surface area (Å²) in [4.78, 5) is 31.7. The van der Waals surface area contributed by atoms with Crippen LogP contribution in [0.1, 0.15) is 43.1 Å². The van der Waals surface area contributed by atoms with Crippen molar-refractivity contribution in [2.75, 3.05) is 13.1 Å². The van der Waals surface area contributed by atoms with Crippen molar-refractivity contribution < 1.29 is 9.59 Å². The van der Waals surface area contributed by atoms with Crippen LogP contribution in [-0.2, 0) is 4.79 Å². The van der Waals surface area contributed by atoms with Gasteiger partial charge in [-0.05, 0) is 19.8 Å². The molecule has 22 heavy (non-hydrogen) atoms. The number of carbonyl (C=O) groups excluding carboxylic acids is 2. The molecular weight excluding hydrogens is 282 g/mol. The molecule has 0 saturated heterocycles. The van der Waals surface area contributed by atoms with Gasteiger partial charge in [0.25, 0.3) is 5.91 Å². The van der Waals surface area contributed by atoms with Gasteiger partial charge in [0, 0.05) is 31.0 Å². The second-order valence-electron chi connectivity index (χ2n) is 5.94. The zero-order valence-electron chi connectivity index (χ0n) is 12.8. The van der Waals surface area contributed by atoms with Gasteiger partial charge in [0.2, 0.25) is 5.91 Å². The van der Waals surface area contributed by atoms with Gasteiger partial charge in [0.15, 0.2) is 0 Å². The van der Waals surface area contributed by atoms with Crippen LogP contribution in [0.15, 0.2) is 18.6 Å².